The van der Waals surface area contributed by atoms with Crippen molar-refractivity contribution in [1.82, 2.24) is 9.80 Å². The molecule has 0 radical (unpaired) electrons. The van der Waals surface area contributed by atoms with Crippen molar-refractivity contribution in [1.29, 1.82) is 0 Å². The van der Waals surface area contributed by atoms with Crippen LogP contribution in [0.15, 0.2) is 48.5 Å². The summed E-state index contributed by atoms with van der Waals surface area (Å²) in [6, 6.07) is 17.6. The molecule has 1 N–H and O–H groups in total. The molecule has 0 saturated carbocycles. The van der Waals surface area contributed by atoms with Crippen LogP contribution in [0.4, 0.5) is 0 Å². The van der Waals surface area contributed by atoms with Crippen LogP contribution in [-0.2, 0) is 9.53 Å². The van der Waals surface area contributed by atoms with Crippen molar-refractivity contribution in [3.63, 3.8) is 0 Å². The Bertz CT molecular complexity index is 867. The second-order valence-electron chi connectivity index (χ2n) is 8.55. The first kappa shape index (κ1) is 21.0. The molecule has 3 atom stereocenters. The van der Waals surface area contributed by atoms with Gasteiger partial charge in [-0.15, -0.1) is 0 Å². The van der Waals surface area contributed by atoms with E-state index in [2.05, 4.69) is 60.4 Å². The Morgan fingerprint density at radius 3 is 2.57 bits per heavy atom. The fourth-order valence-corrected chi connectivity index (χ4v) is 5.10. The summed E-state index contributed by atoms with van der Waals surface area (Å²) in [5.74, 6) is 0.290. The molecular weight excluding hydrogens is 376 g/mol. The van der Waals surface area contributed by atoms with Crippen molar-refractivity contribution in [2.75, 3.05) is 40.0 Å². The van der Waals surface area contributed by atoms with Gasteiger partial charge in [0.2, 0.25) is 5.91 Å². The average molecular weight is 409 g/mol. The molecule has 2 aromatic carbocycles. The summed E-state index contributed by atoms with van der Waals surface area (Å²) in [6.45, 7) is 4.86. The molecule has 1 amide bonds. The summed E-state index contributed by atoms with van der Waals surface area (Å²) in [5.41, 5.74) is 4.92. The maximum atomic E-state index is 12.5. The zero-order chi connectivity index (χ0) is 21.1. The molecule has 2 aromatic rings. The number of carbonyl (C=O) groups excluding carboxylic acids is 1. The minimum Gasteiger partial charge on any atom is -0.395 e. The summed E-state index contributed by atoms with van der Waals surface area (Å²) in [4.78, 5) is 16.8. The van der Waals surface area contributed by atoms with Gasteiger partial charge in [-0.2, -0.15) is 0 Å². The Kier molecular flexibility index (Phi) is 6.52. The van der Waals surface area contributed by atoms with Crippen LogP contribution in [0.3, 0.4) is 0 Å². The maximum absolute atomic E-state index is 12.5. The van der Waals surface area contributed by atoms with Gasteiger partial charge in [-0.25, -0.2) is 0 Å². The van der Waals surface area contributed by atoms with Gasteiger partial charge < -0.3 is 14.7 Å². The fraction of sp³-hybridized carbons (Fsp3) is 0.480. The number of aryl methyl sites for hydroxylation is 1. The highest BCUT2D eigenvalue weighted by atomic mass is 16.5. The molecule has 4 rings (SSSR count). The molecule has 0 bridgehead atoms. The highest BCUT2D eigenvalue weighted by molar-refractivity contribution is 5.77. The van der Waals surface area contributed by atoms with E-state index in [1.165, 1.54) is 22.3 Å². The lowest BCUT2D eigenvalue weighted by Gasteiger charge is -2.57. The Morgan fingerprint density at radius 1 is 1.10 bits per heavy atom. The number of aliphatic hydroxyl groups excluding tert-OH is 1. The van der Waals surface area contributed by atoms with Crippen LogP contribution in [0.2, 0.25) is 0 Å². The number of hydrogen-bond acceptors (Lipinski definition) is 4. The Balaban J connectivity index is 1.56. The monoisotopic (exact) mass is 408 g/mol. The van der Waals surface area contributed by atoms with Crippen LogP contribution >= 0.6 is 0 Å². The number of carbonyl (C=O) groups is 1. The van der Waals surface area contributed by atoms with Crippen molar-refractivity contribution < 1.29 is 14.6 Å². The molecule has 0 aromatic heterocycles. The molecule has 2 saturated heterocycles. The lowest BCUT2D eigenvalue weighted by Crippen LogP contribution is -2.68. The lowest BCUT2D eigenvalue weighted by atomic mass is 9.74. The molecule has 30 heavy (non-hydrogen) atoms. The quantitative estimate of drug-likeness (QED) is 0.826. The van der Waals surface area contributed by atoms with Crippen molar-refractivity contribution >= 4 is 5.91 Å². The van der Waals surface area contributed by atoms with Gasteiger partial charge >= 0.3 is 0 Å². The molecule has 0 aliphatic carbocycles. The zero-order valence-corrected chi connectivity index (χ0v) is 18.0. The lowest BCUT2D eigenvalue weighted by molar-refractivity contribution is -0.140. The number of methoxy groups -OCH3 is 1. The van der Waals surface area contributed by atoms with Gasteiger partial charge in [-0.05, 0) is 43.0 Å². The third-order valence-electron chi connectivity index (χ3n) is 6.64. The number of aliphatic hydroxyl groups is 1. The number of amides is 1. The molecule has 0 spiro atoms. The van der Waals surface area contributed by atoms with Gasteiger partial charge in [0.05, 0.1) is 6.61 Å². The van der Waals surface area contributed by atoms with E-state index in [0.717, 1.165) is 25.9 Å². The molecule has 5 heteroatoms. The fourth-order valence-electron chi connectivity index (χ4n) is 5.10. The Hall–Kier alpha value is -2.21. The van der Waals surface area contributed by atoms with Gasteiger partial charge in [-0.1, -0.05) is 54.1 Å². The van der Waals surface area contributed by atoms with Gasteiger partial charge in [0.25, 0.3) is 0 Å². The molecule has 0 unspecified atom stereocenters. The third-order valence-corrected chi connectivity index (χ3v) is 6.64. The number of ether oxygens (including phenoxy) is 1. The molecule has 160 valence electrons. The summed E-state index contributed by atoms with van der Waals surface area (Å²) in [7, 11) is 1.57. The first-order valence-electron chi connectivity index (χ1n) is 10.9. The topological polar surface area (TPSA) is 53.0 Å². The number of hydrogen-bond donors (Lipinski definition) is 1. The van der Waals surface area contributed by atoms with E-state index in [-0.39, 0.29) is 37.1 Å². The van der Waals surface area contributed by atoms with Crippen molar-refractivity contribution in [3.8, 4) is 11.1 Å². The van der Waals surface area contributed by atoms with Crippen LogP contribution in [0.5, 0.6) is 0 Å². The van der Waals surface area contributed by atoms with E-state index >= 15 is 0 Å². The van der Waals surface area contributed by atoms with Gasteiger partial charge in [-0.3, -0.25) is 9.69 Å². The molecule has 2 aliphatic rings. The first-order valence-corrected chi connectivity index (χ1v) is 10.9. The van der Waals surface area contributed by atoms with Gasteiger partial charge in [0, 0.05) is 38.2 Å². The molecular formula is C25H32N2O3. The Labute approximate surface area is 179 Å². The number of rotatable bonds is 5. The molecule has 2 aliphatic heterocycles. The number of nitrogens with zero attached hydrogens (tertiary/aromatic N) is 2. The summed E-state index contributed by atoms with van der Waals surface area (Å²) in [5, 5.41) is 10.1. The Morgan fingerprint density at radius 2 is 1.87 bits per heavy atom. The van der Waals surface area contributed by atoms with Crippen molar-refractivity contribution in [2.24, 2.45) is 0 Å². The minimum atomic E-state index is 0.0559. The van der Waals surface area contributed by atoms with Crippen LogP contribution in [-0.4, -0.2) is 72.9 Å². The van der Waals surface area contributed by atoms with E-state index < -0.39 is 0 Å². The van der Waals surface area contributed by atoms with Crippen LogP contribution in [0.1, 0.15) is 29.9 Å². The van der Waals surface area contributed by atoms with E-state index in [4.69, 9.17) is 4.74 Å². The second kappa shape index (κ2) is 9.29. The van der Waals surface area contributed by atoms with E-state index in [1.54, 1.807) is 7.11 Å². The average Bonchev–Trinajstić information content (AvgIpc) is 2.73. The van der Waals surface area contributed by atoms with E-state index in [1.807, 2.05) is 4.90 Å². The SMILES string of the molecule is COCC(=O)N1CCCCN2[C@H](CO)[C@H](c3ccc(-c4cccc(C)c4)cc3)[C@H]2C1. The van der Waals surface area contributed by atoms with Crippen LogP contribution in [0, 0.1) is 6.92 Å². The standard InChI is InChI=1S/C25H32N2O3/c1-18-6-5-7-21(14-18)19-8-10-20(11-9-19)25-22-15-26(24(29)17-30-2)12-3-4-13-27(22)23(25)16-28/h5-11,14,22-23,25,28H,3-4,12-13,15-17H2,1-2H3/t22-,23-,25-/m1/s1. The largest absolute Gasteiger partial charge is 0.395 e. The van der Waals surface area contributed by atoms with Gasteiger partial charge in [0.1, 0.15) is 6.61 Å². The highest BCUT2D eigenvalue weighted by Gasteiger charge is 2.49. The summed E-state index contributed by atoms with van der Waals surface area (Å²) in [6.07, 6.45) is 2.04. The van der Waals surface area contributed by atoms with Crippen molar-refractivity contribution in [3.05, 3.63) is 59.7 Å². The number of fused-ring (bicyclic) bond motifs is 1. The summed E-state index contributed by atoms with van der Waals surface area (Å²) >= 11 is 0. The van der Waals surface area contributed by atoms with Crippen LogP contribution < -0.4 is 0 Å². The van der Waals surface area contributed by atoms with Gasteiger partial charge in [0.15, 0.2) is 0 Å². The first-order chi connectivity index (χ1) is 14.6. The molecule has 2 heterocycles. The van der Waals surface area contributed by atoms with E-state index in [0.29, 0.717) is 6.54 Å². The smallest absolute Gasteiger partial charge is 0.248 e. The third kappa shape index (κ3) is 4.15. The molecule has 2 fully saturated rings. The summed E-state index contributed by atoms with van der Waals surface area (Å²) < 4.78 is 5.08. The van der Waals surface area contributed by atoms with Crippen LogP contribution in [0.25, 0.3) is 11.1 Å². The minimum absolute atomic E-state index is 0.0559. The molecule has 5 nitrogen and oxygen atoms in total. The normalized spacial score (nSPS) is 24.5. The zero-order valence-electron chi connectivity index (χ0n) is 18.0. The highest BCUT2D eigenvalue weighted by Crippen LogP contribution is 2.42. The van der Waals surface area contributed by atoms with E-state index in [9.17, 15) is 9.90 Å². The number of benzene rings is 2. The maximum Gasteiger partial charge on any atom is 0.248 e. The van der Waals surface area contributed by atoms with Crippen molar-refractivity contribution in [2.45, 2.75) is 37.8 Å². The predicted octanol–water partition coefficient (Wildman–Crippen LogP) is 3.06. The predicted molar refractivity (Wildman–Crippen MR) is 118 cm³/mol. The second-order valence-corrected chi connectivity index (χ2v) is 8.55.